The quantitative estimate of drug-likeness (QED) is 0.485. The zero-order valence-corrected chi connectivity index (χ0v) is 18.4. The average molecular weight is 470 g/mol. The standard InChI is InChI=1S/C20H25F2N5O4S/c1-12-9-14(21)13(15(22)10-12)11-30-17-16(31-19(23)28)18(32-26-17)25-20(29)24-5-4-8-27-6-2-3-7-27/h9-10H,2-8,11H2,1H3,(H2,23,28)(H2,24,25,29). The van der Waals surface area contributed by atoms with Crippen molar-refractivity contribution in [1.82, 2.24) is 14.6 Å². The van der Waals surface area contributed by atoms with Crippen molar-refractivity contribution in [3.05, 3.63) is 34.9 Å². The molecule has 1 aliphatic rings. The summed E-state index contributed by atoms with van der Waals surface area (Å²) in [5, 5.41) is 5.31. The molecule has 2 aromatic rings. The molecule has 0 saturated carbocycles. The van der Waals surface area contributed by atoms with Crippen LogP contribution >= 0.6 is 11.5 Å². The lowest BCUT2D eigenvalue weighted by molar-refractivity contribution is 0.205. The van der Waals surface area contributed by atoms with Gasteiger partial charge in [-0.25, -0.2) is 18.4 Å². The molecule has 12 heteroatoms. The number of aryl methyl sites for hydroxylation is 1. The van der Waals surface area contributed by atoms with Gasteiger partial charge in [0.25, 0.3) is 5.88 Å². The van der Waals surface area contributed by atoms with E-state index in [9.17, 15) is 18.4 Å². The summed E-state index contributed by atoms with van der Waals surface area (Å²) in [7, 11) is 0. The molecular weight excluding hydrogens is 444 g/mol. The highest BCUT2D eigenvalue weighted by Gasteiger charge is 2.22. The molecule has 4 N–H and O–H groups in total. The van der Waals surface area contributed by atoms with Crippen LogP contribution in [-0.4, -0.2) is 47.6 Å². The molecule has 2 heterocycles. The van der Waals surface area contributed by atoms with Crippen LogP contribution in [0.25, 0.3) is 0 Å². The molecule has 9 nitrogen and oxygen atoms in total. The lowest BCUT2D eigenvalue weighted by Crippen LogP contribution is -2.31. The fourth-order valence-corrected chi connectivity index (χ4v) is 3.96. The van der Waals surface area contributed by atoms with Crippen LogP contribution in [0.3, 0.4) is 0 Å². The topological polar surface area (TPSA) is 119 Å². The zero-order valence-electron chi connectivity index (χ0n) is 17.6. The number of nitrogens with one attached hydrogen (secondary N) is 2. The van der Waals surface area contributed by atoms with E-state index in [4.69, 9.17) is 15.2 Å². The van der Waals surface area contributed by atoms with Gasteiger partial charge in [0.15, 0.2) is 5.00 Å². The van der Waals surface area contributed by atoms with E-state index < -0.39 is 30.4 Å². The minimum atomic E-state index is -1.16. The Bertz CT molecular complexity index is 942. The van der Waals surface area contributed by atoms with Crippen molar-refractivity contribution >= 4 is 28.7 Å². The van der Waals surface area contributed by atoms with Crippen LogP contribution in [0.4, 0.5) is 23.4 Å². The monoisotopic (exact) mass is 469 g/mol. The van der Waals surface area contributed by atoms with Gasteiger partial charge in [-0.2, -0.15) is 0 Å². The van der Waals surface area contributed by atoms with E-state index in [2.05, 4.69) is 19.9 Å². The molecule has 0 spiro atoms. The molecule has 3 amide bonds. The van der Waals surface area contributed by atoms with Crippen LogP contribution in [0.2, 0.25) is 0 Å². The SMILES string of the molecule is Cc1cc(F)c(COc2nsc(NC(=O)NCCCN3CCCC3)c2OC(N)=O)c(F)c1. The van der Waals surface area contributed by atoms with Crippen molar-refractivity contribution in [2.45, 2.75) is 32.8 Å². The zero-order chi connectivity index (χ0) is 23.1. The second-order valence-electron chi connectivity index (χ2n) is 7.35. The lowest BCUT2D eigenvalue weighted by Gasteiger charge is -2.14. The van der Waals surface area contributed by atoms with Crippen LogP contribution in [0.1, 0.15) is 30.4 Å². The number of benzene rings is 1. The third-order valence-corrected chi connectivity index (χ3v) is 5.55. The van der Waals surface area contributed by atoms with Crippen molar-refractivity contribution < 1.29 is 27.8 Å². The number of hydrogen-bond donors (Lipinski definition) is 3. The number of likely N-dealkylation sites (tertiary alicyclic amines) is 1. The number of carbonyl (C=O) groups excluding carboxylic acids is 2. The Kier molecular flexibility index (Phi) is 8.17. The predicted molar refractivity (Wildman–Crippen MR) is 115 cm³/mol. The molecule has 0 radical (unpaired) electrons. The van der Waals surface area contributed by atoms with Crippen LogP contribution in [0.5, 0.6) is 11.6 Å². The molecule has 1 saturated heterocycles. The smallest absolute Gasteiger partial charge is 0.410 e. The van der Waals surface area contributed by atoms with Gasteiger partial charge < -0.3 is 25.4 Å². The number of urea groups is 1. The Morgan fingerprint density at radius 2 is 1.94 bits per heavy atom. The molecule has 1 aliphatic heterocycles. The number of nitrogens with zero attached hydrogens (tertiary/aromatic N) is 2. The minimum Gasteiger partial charge on any atom is -0.469 e. The third-order valence-electron chi connectivity index (χ3n) is 4.82. The molecule has 174 valence electrons. The van der Waals surface area contributed by atoms with Crippen molar-refractivity contribution in [3.63, 3.8) is 0 Å². The first-order valence-electron chi connectivity index (χ1n) is 10.1. The summed E-state index contributed by atoms with van der Waals surface area (Å²) in [6, 6.07) is 1.82. The van der Waals surface area contributed by atoms with Gasteiger partial charge in [0.1, 0.15) is 18.2 Å². The molecule has 0 atom stereocenters. The summed E-state index contributed by atoms with van der Waals surface area (Å²) in [6.07, 6.45) is 2.05. The number of hydrogen-bond acceptors (Lipinski definition) is 7. The second kappa shape index (κ2) is 11.0. The molecule has 0 bridgehead atoms. The summed E-state index contributed by atoms with van der Waals surface area (Å²) in [6.45, 7) is 4.59. The number of aromatic nitrogens is 1. The van der Waals surface area contributed by atoms with Crippen molar-refractivity contribution in [3.8, 4) is 11.6 Å². The first-order chi connectivity index (χ1) is 15.3. The fraction of sp³-hybridized carbons (Fsp3) is 0.450. The lowest BCUT2D eigenvalue weighted by atomic mass is 10.1. The Morgan fingerprint density at radius 1 is 1.25 bits per heavy atom. The Morgan fingerprint density at radius 3 is 2.59 bits per heavy atom. The van der Waals surface area contributed by atoms with Crippen LogP contribution < -0.4 is 25.8 Å². The highest BCUT2D eigenvalue weighted by molar-refractivity contribution is 7.11. The largest absolute Gasteiger partial charge is 0.469 e. The average Bonchev–Trinajstić information content (AvgIpc) is 3.35. The van der Waals surface area contributed by atoms with Gasteiger partial charge in [0.2, 0.25) is 5.75 Å². The molecule has 1 aromatic heterocycles. The summed E-state index contributed by atoms with van der Waals surface area (Å²) >= 11 is 0.777. The van der Waals surface area contributed by atoms with Gasteiger partial charge in [-0.3, -0.25) is 5.32 Å². The number of rotatable bonds is 9. The summed E-state index contributed by atoms with van der Waals surface area (Å²) in [5.41, 5.74) is 5.21. The number of halogens is 2. The number of amides is 3. The van der Waals surface area contributed by atoms with Gasteiger partial charge in [0.05, 0.1) is 5.56 Å². The van der Waals surface area contributed by atoms with Crippen molar-refractivity contribution in [1.29, 1.82) is 0 Å². The van der Waals surface area contributed by atoms with Gasteiger partial charge >= 0.3 is 12.1 Å². The molecule has 0 unspecified atom stereocenters. The van der Waals surface area contributed by atoms with Crippen molar-refractivity contribution in [2.75, 3.05) is 31.5 Å². The Balaban J connectivity index is 1.59. The van der Waals surface area contributed by atoms with Crippen LogP contribution in [0.15, 0.2) is 12.1 Å². The number of nitrogens with two attached hydrogens (primary N) is 1. The van der Waals surface area contributed by atoms with Crippen LogP contribution in [0, 0.1) is 18.6 Å². The molecule has 32 heavy (non-hydrogen) atoms. The van der Waals surface area contributed by atoms with Crippen LogP contribution in [-0.2, 0) is 6.61 Å². The maximum absolute atomic E-state index is 14.0. The van der Waals surface area contributed by atoms with Gasteiger partial charge in [-0.05, 0) is 75.0 Å². The van der Waals surface area contributed by atoms with E-state index in [0.29, 0.717) is 12.1 Å². The maximum Gasteiger partial charge on any atom is 0.410 e. The van der Waals surface area contributed by atoms with E-state index in [0.717, 1.165) is 37.6 Å². The van der Waals surface area contributed by atoms with Gasteiger partial charge in [-0.15, -0.1) is 4.37 Å². The fourth-order valence-electron chi connectivity index (χ4n) is 3.30. The first kappa shape index (κ1) is 23.7. The highest BCUT2D eigenvalue weighted by Crippen LogP contribution is 2.39. The number of carbonyl (C=O) groups is 2. The molecule has 1 aromatic carbocycles. The normalized spacial score (nSPS) is 13.7. The maximum atomic E-state index is 14.0. The Labute approximate surface area is 188 Å². The number of ether oxygens (including phenoxy) is 2. The number of primary amides is 1. The van der Waals surface area contributed by atoms with E-state index in [-0.39, 0.29) is 22.2 Å². The van der Waals surface area contributed by atoms with Gasteiger partial charge in [-0.1, -0.05) is 0 Å². The van der Waals surface area contributed by atoms with E-state index in [1.807, 2.05) is 0 Å². The van der Waals surface area contributed by atoms with Gasteiger partial charge in [0, 0.05) is 6.54 Å². The first-order valence-corrected chi connectivity index (χ1v) is 10.9. The summed E-state index contributed by atoms with van der Waals surface area (Å²) in [4.78, 5) is 25.8. The summed E-state index contributed by atoms with van der Waals surface area (Å²) < 4.78 is 42.3. The van der Waals surface area contributed by atoms with E-state index >= 15 is 0 Å². The minimum absolute atomic E-state index is 0.0701. The third kappa shape index (κ3) is 6.50. The molecule has 3 rings (SSSR count). The van der Waals surface area contributed by atoms with Crippen molar-refractivity contribution in [2.24, 2.45) is 5.73 Å². The van der Waals surface area contributed by atoms with E-state index in [1.165, 1.54) is 25.0 Å². The number of anilines is 1. The second-order valence-corrected chi connectivity index (χ2v) is 8.12. The molecule has 1 fully saturated rings. The molecular formula is C20H25F2N5O4S. The molecule has 0 aliphatic carbocycles. The predicted octanol–water partition coefficient (Wildman–Crippen LogP) is 3.37. The van der Waals surface area contributed by atoms with E-state index in [1.54, 1.807) is 6.92 Å². The Hall–Kier alpha value is -2.99. The highest BCUT2D eigenvalue weighted by atomic mass is 32.1. The summed E-state index contributed by atoms with van der Waals surface area (Å²) in [5.74, 6) is -2.01.